The number of benzene rings is 2. The van der Waals surface area contributed by atoms with Gasteiger partial charge in [-0.2, -0.15) is 8.78 Å². The summed E-state index contributed by atoms with van der Waals surface area (Å²) in [6, 6.07) is 12.0. The largest absolute Gasteiger partial charge is 0.433 e. The first-order valence-electron chi connectivity index (χ1n) is 10.0. The summed E-state index contributed by atoms with van der Waals surface area (Å²) < 4.78 is 29.0. The van der Waals surface area contributed by atoms with Gasteiger partial charge in [-0.25, -0.2) is 4.79 Å². The highest BCUT2D eigenvalue weighted by Crippen LogP contribution is 2.34. The zero-order chi connectivity index (χ0) is 23.3. The first-order valence-corrected chi connectivity index (χ1v) is 10.4. The molecule has 0 aliphatic carbocycles. The Kier molecular flexibility index (Phi) is 7.29. The lowest BCUT2D eigenvalue weighted by molar-refractivity contribution is -0.134. The van der Waals surface area contributed by atoms with Crippen molar-refractivity contribution >= 4 is 35.1 Å². The van der Waals surface area contributed by atoms with Crippen LogP contribution >= 0.6 is 11.6 Å². The van der Waals surface area contributed by atoms with Crippen LogP contribution < -0.4 is 15.4 Å². The number of nitrogens with one attached hydrogen (secondary N) is 2. The second kappa shape index (κ2) is 9.95. The van der Waals surface area contributed by atoms with Crippen LogP contribution in [0.3, 0.4) is 0 Å². The predicted molar refractivity (Wildman–Crippen MR) is 115 cm³/mol. The topological polar surface area (TPSA) is 87.7 Å². The quantitative estimate of drug-likeness (QED) is 0.533. The fourth-order valence-electron chi connectivity index (χ4n) is 3.56. The van der Waals surface area contributed by atoms with Crippen LogP contribution in [0.4, 0.5) is 19.3 Å². The summed E-state index contributed by atoms with van der Waals surface area (Å²) in [5, 5.41) is 5.15. The zero-order valence-electron chi connectivity index (χ0n) is 17.2. The van der Waals surface area contributed by atoms with E-state index < -0.39 is 36.5 Å². The minimum absolute atomic E-state index is 0.124. The van der Waals surface area contributed by atoms with Crippen molar-refractivity contribution in [3.8, 4) is 5.75 Å². The molecular weight excluding hydrogens is 444 g/mol. The molecule has 0 bridgehead atoms. The number of hydrogen-bond acceptors (Lipinski definition) is 4. The fourth-order valence-corrected chi connectivity index (χ4v) is 3.78. The number of anilines is 1. The van der Waals surface area contributed by atoms with E-state index in [0.29, 0.717) is 18.4 Å². The highest BCUT2D eigenvalue weighted by molar-refractivity contribution is 6.32. The average molecular weight is 466 g/mol. The maximum absolute atomic E-state index is 13.3. The molecule has 2 N–H and O–H groups in total. The lowest BCUT2D eigenvalue weighted by atomic mass is 9.85. The molecule has 7 nitrogen and oxygen atoms in total. The van der Waals surface area contributed by atoms with Gasteiger partial charge in [0.1, 0.15) is 17.8 Å². The van der Waals surface area contributed by atoms with Crippen LogP contribution in [-0.2, 0) is 15.1 Å². The van der Waals surface area contributed by atoms with Crippen LogP contribution in [0.25, 0.3) is 0 Å². The van der Waals surface area contributed by atoms with Gasteiger partial charge in [-0.05, 0) is 30.2 Å². The van der Waals surface area contributed by atoms with E-state index in [9.17, 15) is 23.2 Å². The van der Waals surface area contributed by atoms with Crippen LogP contribution in [-0.4, -0.2) is 35.9 Å². The van der Waals surface area contributed by atoms with E-state index in [0.717, 1.165) is 11.3 Å². The third-order valence-electron chi connectivity index (χ3n) is 5.08. The first kappa shape index (κ1) is 23.5. The number of alkyl halides is 2. The van der Waals surface area contributed by atoms with E-state index in [2.05, 4.69) is 15.4 Å². The smallest absolute Gasteiger partial charge is 0.387 e. The number of halogens is 3. The molecule has 1 aliphatic rings. The van der Waals surface area contributed by atoms with E-state index in [-0.39, 0.29) is 16.5 Å². The molecule has 2 aromatic rings. The first-order chi connectivity index (χ1) is 15.3. The van der Waals surface area contributed by atoms with Gasteiger partial charge in [-0.1, -0.05) is 61.7 Å². The SMILES string of the molecule is CCCCC1(c2ccccc2)NC(=O)N(CC(=O)Nc2ccc(OC(F)F)c(Cl)c2)C1=O. The van der Waals surface area contributed by atoms with Gasteiger partial charge in [0.2, 0.25) is 5.91 Å². The third kappa shape index (κ3) is 4.99. The number of rotatable bonds is 9. The van der Waals surface area contributed by atoms with E-state index in [4.69, 9.17) is 11.6 Å². The Morgan fingerprint density at radius 2 is 1.94 bits per heavy atom. The molecule has 2 aromatic carbocycles. The van der Waals surface area contributed by atoms with Crippen LogP contribution in [0.15, 0.2) is 48.5 Å². The van der Waals surface area contributed by atoms with Gasteiger partial charge in [0.15, 0.2) is 0 Å². The molecule has 4 amide bonds. The van der Waals surface area contributed by atoms with Gasteiger partial charge < -0.3 is 15.4 Å². The molecule has 1 heterocycles. The number of nitrogens with zero attached hydrogens (tertiary/aromatic N) is 1. The van der Waals surface area contributed by atoms with Crippen LogP contribution in [0.2, 0.25) is 5.02 Å². The normalized spacial score (nSPS) is 18.1. The zero-order valence-corrected chi connectivity index (χ0v) is 18.0. The summed E-state index contributed by atoms with van der Waals surface area (Å²) in [6.07, 6.45) is 1.92. The third-order valence-corrected chi connectivity index (χ3v) is 5.38. The number of ether oxygens (including phenoxy) is 1. The Bertz CT molecular complexity index is 1010. The second-order valence-electron chi connectivity index (χ2n) is 7.27. The number of unbranched alkanes of at least 4 members (excludes halogenated alkanes) is 1. The number of carbonyl (C=O) groups is 3. The number of imide groups is 1. The standard InChI is InChI=1S/C22H22ClF2N3O4/c1-2-3-11-22(14-7-5-4-6-8-14)19(30)28(21(31)27-22)13-18(29)26-15-9-10-17(16(23)12-15)32-20(24)25/h4-10,12,20H,2-3,11,13H2,1H3,(H,26,29)(H,27,31). The molecule has 0 aromatic heterocycles. The van der Waals surface area contributed by atoms with Crippen molar-refractivity contribution in [1.82, 2.24) is 10.2 Å². The second-order valence-corrected chi connectivity index (χ2v) is 7.68. The van der Waals surface area contributed by atoms with Crippen molar-refractivity contribution in [3.63, 3.8) is 0 Å². The van der Waals surface area contributed by atoms with Gasteiger partial charge >= 0.3 is 12.6 Å². The maximum atomic E-state index is 13.3. The summed E-state index contributed by atoms with van der Waals surface area (Å²) in [5.41, 5.74) is -0.378. The molecule has 3 rings (SSSR count). The molecule has 0 spiro atoms. The Labute approximate surface area is 188 Å². The van der Waals surface area contributed by atoms with Crippen LogP contribution in [0.5, 0.6) is 5.75 Å². The minimum Gasteiger partial charge on any atom is -0.433 e. The Hall–Kier alpha value is -3.20. The molecule has 0 saturated carbocycles. The summed E-state index contributed by atoms with van der Waals surface area (Å²) in [4.78, 5) is 39.3. The van der Waals surface area contributed by atoms with Crippen molar-refractivity contribution in [1.29, 1.82) is 0 Å². The predicted octanol–water partition coefficient (Wildman–Crippen LogP) is 4.52. The summed E-state index contributed by atoms with van der Waals surface area (Å²) >= 11 is 5.89. The molecule has 1 aliphatic heterocycles. The molecule has 32 heavy (non-hydrogen) atoms. The molecule has 1 saturated heterocycles. The summed E-state index contributed by atoms with van der Waals surface area (Å²) in [7, 11) is 0. The monoisotopic (exact) mass is 465 g/mol. The lowest BCUT2D eigenvalue weighted by Crippen LogP contribution is -2.44. The molecular formula is C22H22ClF2N3O4. The van der Waals surface area contributed by atoms with Crippen molar-refractivity contribution in [2.45, 2.75) is 38.3 Å². The van der Waals surface area contributed by atoms with Gasteiger partial charge in [0.05, 0.1) is 5.02 Å². The van der Waals surface area contributed by atoms with Gasteiger partial charge in [-0.3, -0.25) is 14.5 Å². The highest BCUT2D eigenvalue weighted by Gasteiger charge is 2.52. The number of hydrogen-bond donors (Lipinski definition) is 2. The molecule has 1 atom stereocenters. The van der Waals surface area contributed by atoms with Gasteiger partial charge in [0, 0.05) is 5.69 Å². The molecule has 1 fully saturated rings. The Balaban J connectivity index is 1.74. The maximum Gasteiger partial charge on any atom is 0.387 e. The average Bonchev–Trinajstić information content (AvgIpc) is 2.99. The van der Waals surface area contributed by atoms with E-state index in [1.807, 2.05) is 13.0 Å². The molecule has 170 valence electrons. The summed E-state index contributed by atoms with van der Waals surface area (Å²) in [5.74, 6) is -1.39. The van der Waals surface area contributed by atoms with E-state index in [1.54, 1.807) is 24.3 Å². The lowest BCUT2D eigenvalue weighted by Gasteiger charge is -2.27. The number of amides is 4. The molecule has 0 radical (unpaired) electrons. The Morgan fingerprint density at radius 1 is 1.22 bits per heavy atom. The van der Waals surface area contributed by atoms with Crippen molar-refractivity contribution in [3.05, 3.63) is 59.1 Å². The van der Waals surface area contributed by atoms with Gasteiger partial charge in [0.25, 0.3) is 5.91 Å². The highest BCUT2D eigenvalue weighted by atomic mass is 35.5. The fraction of sp³-hybridized carbons (Fsp3) is 0.318. The Morgan fingerprint density at radius 3 is 2.56 bits per heavy atom. The van der Waals surface area contributed by atoms with Crippen molar-refractivity contribution in [2.24, 2.45) is 0 Å². The molecule has 1 unspecified atom stereocenters. The van der Waals surface area contributed by atoms with Crippen molar-refractivity contribution in [2.75, 3.05) is 11.9 Å². The van der Waals surface area contributed by atoms with Gasteiger partial charge in [-0.15, -0.1) is 0 Å². The molecule has 10 heteroatoms. The van der Waals surface area contributed by atoms with Crippen LogP contribution in [0, 0.1) is 0 Å². The van der Waals surface area contributed by atoms with Crippen LogP contribution in [0.1, 0.15) is 31.7 Å². The number of urea groups is 1. The van der Waals surface area contributed by atoms with Crippen molar-refractivity contribution < 1.29 is 27.9 Å². The number of carbonyl (C=O) groups excluding carboxylic acids is 3. The summed E-state index contributed by atoms with van der Waals surface area (Å²) in [6.45, 7) is -1.57. The van der Waals surface area contributed by atoms with E-state index >= 15 is 0 Å². The van der Waals surface area contributed by atoms with E-state index in [1.165, 1.54) is 18.2 Å². The minimum atomic E-state index is -3.04.